The number of anilines is 1. The van der Waals surface area contributed by atoms with E-state index in [9.17, 15) is 14.0 Å². The first-order valence-corrected chi connectivity index (χ1v) is 13.0. The lowest BCUT2D eigenvalue weighted by atomic mass is 10.0. The molecule has 39 heavy (non-hydrogen) atoms. The van der Waals surface area contributed by atoms with E-state index in [1.54, 1.807) is 48.5 Å². The van der Waals surface area contributed by atoms with Gasteiger partial charge in [0.05, 0.1) is 12.3 Å². The molecule has 1 heterocycles. The van der Waals surface area contributed by atoms with E-state index in [1.807, 2.05) is 26.0 Å². The molecule has 1 N–H and O–H groups in total. The number of thiocarbonyl (C=S) groups is 1. The fourth-order valence-electron chi connectivity index (χ4n) is 4.21. The molecular weight excluding hydrogens is 515 g/mol. The number of rotatable bonds is 10. The molecule has 0 radical (unpaired) electrons. The monoisotopic (exact) mass is 544 g/mol. The third-order valence-corrected chi connectivity index (χ3v) is 6.45. The van der Waals surface area contributed by atoms with E-state index in [4.69, 9.17) is 21.7 Å². The SMILES string of the molecule is C=CCc1cc(/C=C2\C(=O)NC(=S)N(c3ccc(CC)cc3)C2=O)cc(OCC)c1OCc1ccccc1F. The van der Waals surface area contributed by atoms with Crippen molar-refractivity contribution in [3.05, 3.63) is 107 Å². The molecule has 0 saturated carbocycles. The fraction of sp³-hybridized carbons (Fsp3) is 0.194. The number of nitrogens with one attached hydrogen (secondary N) is 1. The zero-order valence-corrected chi connectivity index (χ0v) is 22.6. The van der Waals surface area contributed by atoms with Crippen LogP contribution in [0, 0.1) is 5.82 Å². The smallest absolute Gasteiger partial charge is 0.270 e. The van der Waals surface area contributed by atoms with Gasteiger partial charge in [0, 0.05) is 11.1 Å². The molecule has 1 aliphatic heterocycles. The second kappa shape index (κ2) is 12.5. The summed E-state index contributed by atoms with van der Waals surface area (Å²) in [6.07, 6.45) is 4.48. The Morgan fingerprint density at radius 2 is 1.77 bits per heavy atom. The summed E-state index contributed by atoms with van der Waals surface area (Å²) in [5, 5.41) is 2.63. The Morgan fingerprint density at radius 3 is 2.44 bits per heavy atom. The number of allylic oxidation sites excluding steroid dienone is 1. The summed E-state index contributed by atoms with van der Waals surface area (Å²) in [5.41, 5.74) is 3.28. The molecule has 0 unspecified atom stereocenters. The average molecular weight is 545 g/mol. The Balaban J connectivity index is 1.71. The van der Waals surface area contributed by atoms with Crippen LogP contribution in [0.5, 0.6) is 11.5 Å². The van der Waals surface area contributed by atoms with Crippen LogP contribution in [0.15, 0.2) is 78.9 Å². The lowest BCUT2D eigenvalue weighted by molar-refractivity contribution is -0.122. The molecule has 0 bridgehead atoms. The molecule has 2 amide bonds. The van der Waals surface area contributed by atoms with Crippen LogP contribution in [-0.2, 0) is 29.0 Å². The van der Waals surface area contributed by atoms with Gasteiger partial charge in [-0.3, -0.25) is 19.8 Å². The Morgan fingerprint density at radius 1 is 1.03 bits per heavy atom. The number of benzene rings is 3. The van der Waals surface area contributed by atoms with Crippen LogP contribution in [0.3, 0.4) is 0 Å². The van der Waals surface area contributed by atoms with Gasteiger partial charge in [0.2, 0.25) is 0 Å². The summed E-state index contributed by atoms with van der Waals surface area (Å²) >= 11 is 5.32. The van der Waals surface area contributed by atoms with Crippen LogP contribution in [0.2, 0.25) is 0 Å². The number of hydrogen-bond donors (Lipinski definition) is 1. The minimum atomic E-state index is -0.588. The van der Waals surface area contributed by atoms with E-state index in [-0.39, 0.29) is 23.1 Å². The van der Waals surface area contributed by atoms with Gasteiger partial charge in [0.1, 0.15) is 18.0 Å². The predicted molar refractivity (Wildman–Crippen MR) is 154 cm³/mol. The van der Waals surface area contributed by atoms with Gasteiger partial charge < -0.3 is 9.47 Å². The minimum Gasteiger partial charge on any atom is -0.490 e. The molecule has 0 atom stereocenters. The van der Waals surface area contributed by atoms with Gasteiger partial charge in [-0.05, 0) is 79.5 Å². The normalized spacial score (nSPS) is 14.4. The lowest BCUT2D eigenvalue weighted by Gasteiger charge is -2.29. The van der Waals surface area contributed by atoms with Crippen molar-refractivity contribution in [3.8, 4) is 11.5 Å². The molecule has 1 aliphatic rings. The fourth-order valence-corrected chi connectivity index (χ4v) is 4.49. The number of carbonyl (C=O) groups is 2. The Bertz CT molecular complexity index is 1450. The third kappa shape index (κ3) is 6.23. The molecule has 3 aromatic carbocycles. The van der Waals surface area contributed by atoms with Crippen molar-refractivity contribution in [2.75, 3.05) is 11.5 Å². The number of nitrogens with zero attached hydrogens (tertiary/aromatic N) is 1. The van der Waals surface area contributed by atoms with E-state index in [2.05, 4.69) is 11.9 Å². The van der Waals surface area contributed by atoms with Gasteiger partial charge in [0.15, 0.2) is 16.6 Å². The summed E-state index contributed by atoms with van der Waals surface area (Å²) in [6, 6.07) is 17.3. The largest absolute Gasteiger partial charge is 0.490 e. The van der Waals surface area contributed by atoms with Gasteiger partial charge >= 0.3 is 0 Å². The summed E-state index contributed by atoms with van der Waals surface area (Å²) in [4.78, 5) is 27.6. The minimum absolute atomic E-state index is 0.00143. The quantitative estimate of drug-likeness (QED) is 0.148. The van der Waals surface area contributed by atoms with Crippen LogP contribution < -0.4 is 19.7 Å². The Labute approximate surface area is 232 Å². The van der Waals surface area contributed by atoms with Crippen molar-refractivity contribution in [1.82, 2.24) is 5.32 Å². The molecule has 0 aliphatic carbocycles. The zero-order valence-electron chi connectivity index (χ0n) is 21.8. The molecule has 8 heteroatoms. The highest BCUT2D eigenvalue weighted by molar-refractivity contribution is 7.80. The molecule has 0 spiro atoms. The molecule has 4 rings (SSSR count). The van der Waals surface area contributed by atoms with E-state index < -0.39 is 11.8 Å². The highest BCUT2D eigenvalue weighted by atomic mass is 32.1. The highest BCUT2D eigenvalue weighted by Gasteiger charge is 2.34. The van der Waals surface area contributed by atoms with Crippen molar-refractivity contribution >= 4 is 40.9 Å². The predicted octanol–water partition coefficient (Wildman–Crippen LogP) is 5.93. The topological polar surface area (TPSA) is 67.9 Å². The number of aryl methyl sites for hydroxylation is 1. The highest BCUT2D eigenvalue weighted by Crippen LogP contribution is 2.36. The van der Waals surface area contributed by atoms with E-state index >= 15 is 0 Å². The van der Waals surface area contributed by atoms with Gasteiger partial charge in [-0.25, -0.2) is 4.39 Å². The van der Waals surface area contributed by atoms with Crippen LogP contribution in [0.1, 0.15) is 36.1 Å². The first-order valence-electron chi connectivity index (χ1n) is 12.6. The first-order chi connectivity index (χ1) is 18.9. The van der Waals surface area contributed by atoms with Crippen molar-refractivity contribution in [1.29, 1.82) is 0 Å². The van der Waals surface area contributed by atoms with Crippen LogP contribution in [-0.4, -0.2) is 23.5 Å². The maximum Gasteiger partial charge on any atom is 0.270 e. The van der Waals surface area contributed by atoms with Gasteiger partial charge in [-0.1, -0.05) is 43.3 Å². The van der Waals surface area contributed by atoms with Crippen LogP contribution in [0.25, 0.3) is 6.08 Å². The van der Waals surface area contributed by atoms with Gasteiger partial charge in [-0.2, -0.15) is 0 Å². The molecule has 6 nitrogen and oxygen atoms in total. The summed E-state index contributed by atoms with van der Waals surface area (Å²) in [6.45, 7) is 8.05. The molecule has 1 fully saturated rings. The maximum absolute atomic E-state index is 14.2. The third-order valence-electron chi connectivity index (χ3n) is 6.16. The standard InChI is InChI=1S/C31H29FN2O4S/c1-4-9-22-16-21(18-27(37-6-3)28(22)38-19-23-10-7-8-11-26(23)32)17-25-29(35)33-31(39)34(30(25)36)24-14-12-20(5-2)13-15-24/h4,7-8,10-18H,1,5-6,9,19H2,2-3H3,(H,33,35,39)/b25-17+. The summed E-state index contributed by atoms with van der Waals surface area (Å²) in [5.74, 6) is -0.631. The van der Waals surface area contributed by atoms with E-state index in [0.717, 1.165) is 12.0 Å². The van der Waals surface area contributed by atoms with Crippen LogP contribution in [0.4, 0.5) is 10.1 Å². The van der Waals surface area contributed by atoms with Gasteiger partial charge in [0.25, 0.3) is 11.8 Å². The number of halogens is 1. The number of amides is 2. The zero-order chi connectivity index (χ0) is 27.9. The van der Waals surface area contributed by atoms with Crippen molar-refractivity contribution in [2.45, 2.75) is 33.3 Å². The Kier molecular flexibility index (Phi) is 8.88. The van der Waals surface area contributed by atoms with E-state index in [0.29, 0.717) is 46.9 Å². The summed E-state index contributed by atoms with van der Waals surface area (Å²) in [7, 11) is 0. The summed E-state index contributed by atoms with van der Waals surface area (Å²) < 4.78 is 26.1. The van der Waals surface area contributed by atoms with Crippen LogP contribution >= 0.6 is 12.2 Å². The number of hydrogen-bond acceptors (Lipinski definition) is 5. The molecule has 3 aromatic rings. The second-order valence-electron chi connectivity index (χ2n) is 8.79. The van der Waals surface area contributed by atoms with Crippen molar-refractivity contribution in [2.24, 2.45) is 0 Å². The lowest BCUT2D eigenvalue weighted by Crippen LogP contribution is -2.54. The molecule has 1 saturated heterocycles. The van der Waals surface area contributed by atoms with Crippen molar-refractivity contribution in [3.63, 3.8) is 0 Å². The molecule has 0 aromatic heterocycles. The number of carbonyl (C=O) groups excluding carboxylic acids is 2. The molecule has 200 valence electrons. The second-order valence-corrected chi connectivity index (χ2v) is 9.18. The first kappa shape index (κ1) is 27.7. The number of ether oxygens (including phenoxy) is 2. The van der Waals surface area contributed by atoms with Crippen molar-refractivity contribution < 1.29 is 23.5 Å². The average Bonchev–Trinajstić information content (AvgIpc) is 2.92. The van der Waals surface area contributed by atoms with Gasteiger partial charge in [-0.15, -0.1) is 6.58 Å². The molecular formula is C31H29FN2O4S. The maximum atomic E-state index is 14.2. The Hall–Kier alpha value is -4.30. The van der Waals surface area contributed by atoms with E-state index in [1.165, 1.54) is 17.0 Å².